The highest BCUT2D eigenvalue weighted by molar-refractivity contribution is 5.91. The third-order valence-corrected chi connectivity index (χ3v) is 3.72. The number of hydrogen-bond acceptors (Lipinski definition) is 4. The third-order valence-electron chi connectivity index (χ3n) is 3.72. The molecule has 0 saturated carbocycles. The van der Waals surface area contributed by atoms with Gasteiger partial charge in [0.2, 0.25) is 5.91 Å². The lowest BCUT2D eigenvalue weighted by atomic mass is 10.2. The first kappa shape index (κ1) is 19.4. The Morgan fingerprint density at radius 3 is 2.42 bits per heavy atom. The molecule has 0 aliphatic heterocycles. The van der Waals surface area contributed by atoms with Gasteiger partial charge in [-0.05, 0) is 48.4 Å². The first-order valence-electron chi connectivity index (χ1n) is 8.56. The fourth-order valence-electron chi connectivity index (χ4n) is 2.33. The Hall–Kier alpha value is -2.95. The van der Waals surface area contributed by atoms with Gasteiger partial charge in [0.25, 0.3) is 0 Å². The van der Waals surface area contributed by atoms with E-state index in [0.717, 1.165) is 29.0 Å². The summed E-state index contributed by atoms with van der Waals surface area (Å²) >= 11 is 0. The molecule has 2 aromatic rings. The third kappa shape index (κ3) is 5.84. The fraction of sp³-hybridized carbons (Fsp3) is 0.286. The number of carbonyl (C=O) groups excluding carboxylic acids is 1. The lowest BCUT2D eigenvalue weighted by Gasteiger charge is -2.10. The van der Waals surface area contributed by atoms with Crippen LogP contribution in [0.3, 0.4) is 0 Å². The summed E-state index contributed by atoms with van der Waals surface area (Å²) < 4.78 is 16.1. The van der Waals surface area contributed by atoms with Gasteiger partial charge in [0.15, 0.2) is 0 Å². The Balaban J connectivity index is 1.91. The van der Waals surface area contributed by atoms with Crippen LogP contribution in [0.4, 0.5) is 0 Å². The highest BCUT2D eigenvalue weighted by atomic mass is 16.5. The molecule has 0 aliphatic rings. The number of hydrogen-bond donors (Lipinski definition) is 1. The van der Waals surface area contributed by atoms with Gasteiger partial charge in [-0.1, -0.05) is 19.1 Å². The molecule has 0 fully saturated rings. The lowest BCUT2D eigenvalue weighted by molar-refractivity contribution is -0.116. The maximum Gasteiger partial charge on any atom is 0.244 e. The van der Waals surface area contributed by atoms with Crippen LogP contribution in [-0.4, -0.2) is 26.7 Å². The zero-order valence-corrected chi connectivity index (χ0v) is 15.5. The van der Waals surface area contributed by atoms with Crippen LogP contribution in [0, 0.1) is 0 Å². The van der Waals surface area contributed by atoms with Crippen molar-refractivity contribution < 1.29 is 19.0 Å². The summed E-state index contributed by atoms with van der Waals surface area (Å²) in [6.07, 6.45) is 4.25. The van der Waals surface area contributed by atoms with Crippen molar-refractivity contribution in [2.24, 2.45) is 0 Å². The predicted molar refractivity (Wildman–Crippen MR) is 103 cm³/mol. The standard InChI is InChI=1S/C21H25NO4/c1-4-13-26-18-8-5-16(6-9-18)7-12-21(23)22-15-17-14-19(24-2)10-11-20(17)25-3/h5-12,14H,4,13,15H2,1-3H3,(H,22,23)/b12-7+. The topological polar surface area (TPSA) is 56.8 Å². The van der Waals surface area contributed by atoms with Gasteiger partial charge in [0, 0.05) is 18.2 Å². The van der Waals surface area contributed by atoms with Crippen molar-refractivity contribution in [3.8, 4) is 17.2 Å². The minimum Gasteiger partial charge on any atom is -0.497 e. The van der Waals surface area contributed by atoms with Crippen molar-refractivity contribution in [1.29, 1.82) is 0 Å². The van der Waals surface area contributed by atoms with Crippen LogP contribution in [0.25, 0.3) is 6.08 Å². The van der Waals surface area contributed by atoms with Crippen LogP contribution in [0.15, 0.2) is 48.5 Å². The minimum atomic E-state index is -0.179. The molecule has 0 saturated heterocycles. The molecular weight excluding hydrogens is 330 g/mol. The second-order valence-electron chi connectivity index (χ2n) is 5.65. The lowest BCUT2D eigenvalue weighted by Crippen LogP contribution is -2.20. The quantitative estimate of drug-likeness (QED) is 0.695. The Morgan fingerprint density at radius 2 is 1.77 bits per heavy atom. The maximum absolute atomic E-state index is 12.1. The van der Waals surface area contributed by atoms with E-state index in [1.54, 1.807) is 20.3 Å². The molecule has 5 heteroatoms. The van der Waals surface area contributed by atoms with E-state index < -0.39 is 0 Å². The van der Waals surface area contributed by atoms with Crippen LogP contribution >= 0.6 is 0 Å². The molecule has 0 unspecified atom stereocenters. The van der Waals surface area contributed by atoms with Crippen molar-refractivity contribution >= 4 is 12.0 Å². The number of methoxy groups -OCH3 is 2. The zero-order valence-electron chi connectivity index (χ0n) is 15.5. The van der Waals surface area contributed by atoms with Gasteiger partial charge in [-0.3, -0.25) is 4.79 Å². The summed E-state index contributed by atoms with van der Waals surface area (Å²) in [5.74, 6) is 2.08. The molecule has 0 aliphatic carbocycles. The van der Waals surface area contributed by atoms with Crippen molar-refractivity contribution in [3.63, 3.8) is 0 Å². The number of nitrogens with one attached hydrogen (secondary N) is 1. The van der Waals surface area contributed by atoms with Crippen molar-refractivity contribution in [1.82, 2.24) is 5.32 Å². The predicted octanol–water partition coefficient (Wildman–Crippen LogP) is 3.82. The van der Waals surface area contributed by atoms with Crippen LogP contribution in [0.5, 0.6) is 17.2 Å². The van der Waals surface area contributed by atoms with Crippen molar-refractivity contribution in [2.75, 3.05) is 20.8 Å². The molecule has 26 heavy (non-hydrogen) atoms. The van der Waals surface area contributed by atoms with Gasteiger partial charge in [-0.15, -0.1) is 0 Å². The number of benzene rings is 2. The number of rotatable bonds is 9. The van der Waals surface area contributed by atoms with Gasteiger partial charge >= 0.3 is 0 Å². The van der Waals surface area contributed by atoms with E-state index >= 15 is 0 Å². The van der Waals surface area contributed by atoms with E-state index in [-0.39, 0.29) is 5.91 Å². The van der Waals surface area contributed by atoms with E-state index in [9.17, 15) is 4.79 Å². The molecule has 0 atom stereocenters. The van der Waals surface area contributed by atoms with Crippen molar-refractivity contribution in [2.45, 2.75) is 19.9 Å². The first-order chi connectivity index (χ1) is 12.7. The van der Waals surface area contributed by atoms with E-state index in [1.165, 1.54) is 6.08 Å². The van der Waals surface area contributed by atoms with E-state index in [1.807, 2.05) is 42.5 Å². The first-order valence-corrected chi connectivity index (χ1v) is 8.56. The van der Waals surface area contributed by atoms with Crippen LogP contribution < -0.4 is 19.5 Å². The molecule has 138 valence electrons. The monoisotopic (exact) mass is 355 g/mol. The largest absolute Gasteiger partial charge is 0.497 e. The minimum absolute atomic E-state index is 0.179. The average Bonchev–Trinajstić information content (AvgIpc) is 2.69. The summed E-state index contributed by atoms with van der Waals surface area (Å²) in [5.41, 5.74) is 1.79. The van der Waals surface area contributed by atoms with Gasteiger partial charge in [0.1, 0.15) is 17.2 Å². The van der Waals surface area contributed by atoms with E-state index in [4.69, 9.17) is 14.2 Å². The number of carbonyl (C=O) groups is 1. The Bertz CT molecular complexity index is 738. The van der Waals surface area contributed by atoms with Crippen molar-refractivity contribution in [3.05, 3.63) is 59.7 Å². The van der Waals surface area contributed by atoms with Crippen LogP contribution in [0.2, 0.25) is 0 Å². The van der Waals surface area contributed by atoms with Gasteiger partial charge in [-0.25, -0.2) is 0 Å². The summed E-state index contributed by atoms with van der Waals surface area (Å²) in [7, 11) is 3.20. The summed E-state index contributed by atoms with van der Waals surface area (Å²) in [6.45, 7) is 3.12. The molecule has 0 bridgehead atoms. The molecule has 0 radical (unpaired) electrons. The number of ether oxygens (including phenoxy) is 3. The summed E-state index contributed by atoms with van der Waals surface area (Å²) in [4.78, 5) is 12.1. The number of amides is 1. The van der Waals surface area contributed by atoms with Crippen LogP contribution in [0.1, 0.15) is 24.5 Å². The summed E-state index contributed by atoms with van der Waals surface area (Å²) in [5, 5.41) is 2.85. The Morgan fingerprint density at radius 1 is 1.04 bits per heavy atom. The van der Waals surface area contributed by atoms with Crippen LogP contribution in [-0.2, 0) is 11.3 Å². The fourth-order valence-corrected chi connectivity index (χ4v) is 2.33. The molecule has 1 N–H and O–H groups in total. The molecule has 2 aromatic carbocycles. The highest BCUT2D eigenvalue weighted by Crippen LogP contribution is 2.23. The molecule has 0 heterocycles. The zero-order chi connectivity index (χ0) is 18.8. The SMILES string of the molecule is CCCOc1ccc(/C=C/C(=O)NCc2cc(OC)ccc2OC)cc1. The Labute approximate surface area is 154 Å². The normalized spacial score (nSPS) is 10.6. The molecule has 5 nitrogen and oxygen atoms in total. The smallest absolute Gasteiger partial charge is 0.244 e. The highest BCUT2D eigenvalue weighted by Gasteiger charge is 2.06. The molecule has 0 aromatic heterocycles. The van der Waals surface area contributed by atoms with E-state index in [2.05, 4.69) is 12.2 Å². The molecule has 2 rings (SSSR count). The van der Waals surface area contributed by atoms with Gasteiger partial charge in [0.05, 0.1) is 20.8 Å². The molecular formula is C21H25NO4. The summed E-state index contributed by atoms with van der Waals surface area (Å²) in [6, 6.07) is 13.1. The Kier molecular flexibility index (Phi) is 7.55. The maximum atomic E-state index is 12.1. The average molecular weight is 355 g/mol. The molecule has 1 amide bonds. The molecule has 0 spiro atoms. The second kappa shape index (κ2) is 10.1. The van der Waals surface area contributed by atoms with Gasteiger partial charge in [-0.2, -0.15) is 0 Å². The van der Waals surface area contributed by atoms with E-state index in [0.29, 0.717) is 18.9 Å². The van der Waals surface area contributed by atoms with Gasteiger partial charge < -0.3 is 19.5 Å². The second-order valence-corrected chi connectivity index (χ2v) is 5.65.